The fourth-order valence-corrected chi connectivity index (χ4v) is 2.39. The van der Waals surface area contributed by atoms with Gasteiger partial charge >= 0.3 is 6.09 Å². The summed E-state index contributed by atoms with van der Waals surface area (Å²) < 4.78 is 10.6. The number of carbonyl (C=O) groups is 1. The Morgan fingerprint density at radius 3 is 2.26 bits per heavy atom. The van der Waals surface area contributed by atoms with Crippen molar-refractivity contribution in [1.29, 1.82) is 0 Å². The van der Waals surface area contributed by atoms with Gasteiger partial charge in [-0.1, -0.05) is 13.8 Å². The monoisotopic (exact) mass is 272 g/mol. The smallest absolute Gasteiger partial charge is 0.407 e. The molecule has 1 amide bonds. The van der Waals surface area contributed by atoms with E-state index in [0.717, 1.165) is 6.42 Å². The average Bonchev–Trinajstić information content (AvgIpc) is 2.23. The fraction of sp³-hybridized carbons (Fsp3) is 0.929. The van der Waals surface area contributed by atoms with Crippen molar-refractivity contribution in [3.63, 3.8) is 0 Å². The zero-order valence-electron chi connectivity index (χ0n) is 12.8. The molecule has 5 heteroatoms. The van der Waals surface area contributed by atoms with Crippen molar-refractivity contribution >= 4 is 6.09 Å². The molecule has 1 atom stereocenters. The van der Waals surface area contributed by atoms with Crippen LogP contribution in [0.5, 0.6) is 0 Å². The summed E-state index contributed by atoms with van der Waals surface area (Å²) in [4.78, 5) is 11.7. The SMILES string of the molecule is CCC1(C(C)(CN)CNC(=O)OC(C)(C)C)COC1. The Balaban J connectivity index is 2.60. The highest BCUT2D eigenvalue weighted by Gasteiger charge is 2.51. The lowest BCUT2D eigenvalue weighted by Crippen LogP contribution is -2.60. The molecule has 0 aliphatic carbocycles. The number of nitrogens with one attached hydrogen (secondary N) is 1. The molecule has 0 radical (unpaired) electrons. The van der Waals surface area contributed by atoms with Crippen LogP contribution in [0.3, 0.4) is 0 Å². The molecule has 112 valence electrons. The molecule has 1 saturated heterocycles. The molecule has 1 aliphatic rings. The highest BCUT2D eigenvalue weighted by atomic mass is 16.6. The Labute approximate surface area is 116 Å². The van der Waals surface area contributed by atoms with E-state index in [-0.39, 0.29) is 10.8 Å². The molecule has 0 bridgehead atoms. The third kappa shape index (κ3) is 3.60. The number of carbonyl (C=O) groups excluding carboxylic acids is 1. The van der Waals surface area contributed by atoms with Crippen molar-refractivity contribution < 1.29 is 14.3 Å². The van der Waals surface area contributed by atoms with Crippen molar-refractivity contribution in [2.24, 2.45) is 16.6 Å². The topological polar surface area (TPSA) is 73.6 Å². The van der Waals surface area contributed by atoms with Crippen LogP contribution in [0.4, 0.5) is 4.79 Å². The molecule has 0 saturated carbocycles. The molecule has 0 aromatic heterocycles. The van der Waals surface area contributed by atoms with Gasteiger partial charge in [-0.15, -0.1) is 0 Å². The van der Waals surface area contributed by atoms with Gasteiger partial charge in [-0.2, -0.15) is 0 Å². The van der Waals surface area contributed by atoms with E-state index < -0.39 is 11.7 Å². The van der Waals surface area contributed by atoms with Gasteiger partial charge in [-0.25, -0.2) is 4.79 Å². The summed E-state index contributed by atoms with van der Waals surface area (Å²) in [6.45, 7) is 12.3. The second-order valence-corrected chi connectivity index (χ2v) is 6.75. The van der Waals surface area contributed by atoms with Crippen LogP contribution >= 0.6 is 0 Å². The van der Waals surface area contributed by atoms with Crippen molar-refractivity contribution in [1.82, 2.24) is 5.32 Å². The van der Waals surface area contributed by atoms with E-state index in [1.165, 1.54) is 0 Å². The maximum atomic E-state index is 11.7. The second kappa shape index (κ2) is 5.67. The minimum Gasteiger partial charge on any atom is -0.444 e. The first-order chi connectivity index (χ1) is 8.68. The van der Waals surface area contributed by atoms with Gasteiger partial charge in [0.1, 0.15) is 5.60 Å². The molecule has 1 fully saturated rings. The van der Waals surface area contributed by atoms with E-state index in [4.69, 9.17) is 15.2 Å². The van der Waals surface area contributed by atoms with Gasteiger partial charge in [0.05, 0.1) is 13.2 Å². The standard InChI is InChI=1S/C14H28N2O3/c1-6-14(9-18-10-14)13(5,7-15)8-16-11(17)19-12(2,3)4/h6-10,15H2,1-5H3,(H,16,17). The molecular formula is C14H28N2O3. The summed E-state index contributed by atoms with van der Waals surface area (Å²) in [7, 11) is 0. The predicted molar refractivity (Wildman–Crippen MR) is 74.9 cm³/mol. The van der Waals surface area contributed by atoms with Crippen LogP contribution in [0.25, 0.3) is 0 Å². The van der Waals surface area contributed by atoms with Gasteiger partial charge in [-0.05, 0) is 27.2 Å². The molecule has 5 nitrogen and oxygen atoms in total. The zero-order valence-corrected chi connectivity index (χ0v) is 12.8. The minimum atomic E-state index is -0.481. The van der Waals surface area contributed by atoms with Crippen LogP contribution in [0.1, 0.15) is 41.0 Å². The molecule has 0 spiro atoms. The Morgan fingerprint density at radius 1 is 1.37 bits per heavy atom. The van der Waals surface area contributed by atoms with Crippen LogP contribution < -0.4 is 11.1 Å². The van der Waals surface area contributed by atoms with E-state index >= 15 is 0 Å². The molecule has 0 aromatic carbocycles. The molecule has 19 heavy (non-hydrogen) atoms. The summed E-state index contributed by atoms with van der Waals surface area (Å²) >= 11 is 0. The first-order valence-electron chi connectivity index (χ1n) is 6.93. The van der Waals surface area contributed by atoms with Gasteiger partial charge in [0.2, 0.25) is 0 Å². The van der Waals surface area contributed by atoms with Crippen molar-refractivity contribution in [3.8, 4) is 0 Å². The zero-order chi connectivity index (χ0) is 14.7. The Bertz CT molecular complexity index is 316. The minimum absolute atomic E-state index is 0.0662. The van der Waals surface area contributed by atoms with Crippen LogP contribution in [0, 0.1) is 10.8 Å². The number of nitrogens with two attached hydrogens (primary N) is 1. The lowest BCUT2D eigenvalue weighted by Gasteiger charge is -2.53. The quantitative estimate of drug-likeness (QED) is 0.801. The number of ether oxygens (including phenoxy) is 2. The largest absolute Gasteiger partial charge is 0.444 e. The van der Waals surface area contributed by atoms with E-state index in [1.54, 1.807) is 0 Å². The maximum absolute atomic E-state index is 11.7. The highest BCUT2D eigenvalue weighted by Crippen LogP contribution is 2.46. The van der Waals surface area contributed by atoms with Crippen molar-refractivity contribution in [2.75, 3.05) is 26.3 Å². The summed E-state index contributed by atoms with van der Waals surface area (Å²) in [6, 6.07) is 0. The molecule has 1 rings (SSSR count). The summed E-state index contributed by atoms with van der Waals surface area (Å²) in [5.41, 5.74) is 5.36. The Kier molecular flexibility index (Phi) is 4.85. The highest BCUT2D eigenvalue weighted by molar-refractivity contribution is 5.67. The van der Waals surface area contributed by atoms with Gasteiger partial charge in [0.25, 0.3) is 0 Å². The third-order valence-electron chi connectivity index (χ3n) is 4.19. The first-order valence-corrected chi connectivity index (χ1v) is 6.93. The lowest BCUT2D eigenvalue weighted by atomic mass is 9.61. The molecule has 0 aromatic rings. The Hall–Kier alpha value is -0.810. The summed E-state index contributed by atoms with van der Waals surface area (Å²) in [5, 5.41) is 2.84. The molecular weight excluding hydrogens is 244 g/mol. The van der Waals surface area contributed by atoms with Crippen LogP contribution in [-0.2, 0) is 9.47 Å². The average molecular weight is 272 g/mol. The van der Waals surface area contributed by atoms with Crippen molar-refractivity contribution in [3.05, 3.63) is 0 Å². The van der Waals surface area contributed by atoms with Crippen LogP contribution in [0.2, 0.25) is 0 Å². The van der Waals surface area contributed by atoms with E-state index in [2.05, 4.69) is 19.2 Å². The van der Waals surface area contributed by atoms with Crippen LogP contribution in [-0.4, -0.2) is 38.0 Å². The number of amides is 1. The summed E-state index contributed by atoms with van der Waals surface area (Å²) in [6.07, 6.45) is 0.607. The van der Waals surface area contributed by atoms with Crippen LogP contribution in [0.15, 0.2) is 0 Å². The van der Waals surface area contributed by atoms with E-state index in [0.29, 0.717) is 26.3 Å². The normalized spacial score (nSPS) is 21.2. The van der Waals surface area contributed by atoms with E-state index in [9.17, 15) is 4.79 Å². The van der Waals surface area contributed by atoms with E-state index in [1.807, 2.05) is 20.8 Å². The molecule has 1 heterocycles. The summed E-state index contributed by atoms with van der Waals surface area (Å²) in [5.74, 6) is 0. The van der Waals surface area contributed by atoms with Gasteiger partial charge < -0.3 is 20.5 Å². The molecule has 1 aliphatic heterocycles. The number of rotatable bonds is 5. The number of alkyl carbamates (subject to hydrolysis) is 1. The second-order valence-electron chi connectivity index (χ2n) is 6.75. The number of hydrogen-bond acceptors (Lipinski definition) is 4. The molecule has 3 N–H and O–H groups in total. The maximum Gasteiger partial charge on any atom is 0.407 e. The fourth-order valence-electron chi connectivity index (χ4n) is 2.39. The Morgan fingerprint density at radius 2 is 1.95 bits per heavy atom. The van der Waals surface area contributed by atoms with Crippen molar-refractivity contribution in [2.45, 2.75) is 46.6 Å². The van der Waals surface area contributed by atoms with Gasteiger partial charge in [-0.3, -0.25) is 0 Å². The first kappa shape index (κ1) is 16.2. The van der Waals surface area contributed by atoms with Gasteiger partial charge in [0, 0.05) is 23.9 Å². The lowest BCUT2D eigenvalue weighted by molar-refractivity contribution is -0.178. The predicted octanol–water partition coefficient (Wildman–Crippen LogP) is 1.90. The molecule has 1 unspecified atom stereocenters. The van der Waals surface area contributed by atoms with Gasteiger partial charge in [0.15, 0.2) is 0 Å². The third-order valence-corrected chi connectivity index (χ3v) is 4.19. The number of hydrogen-bond donors (Lipinski definition) is 2.